The van der Waals surface area contributed by atoms with Crippen molar-refractivity contribution in [3.8, 4) is 0 Å². The molecule has 0 N–H and O–H groups in total. The molecule has 0 bridgehead atoms. The third-order valence-corrected chi connectivity index (χ3v) is 3.88. The van der Waals surface area contributed by atoms with Crippen molar-refractivity contribution in [2.24, 2.45) is 13.0 Å². The average molecular weight is 273 g/mol. The van der Waals surface area contributed by atoms with Gasteiger partial charge in [-0.2, -0.15) is 0 Å². The molecule has 0 radical (unpaired) electrons. The fourth-order valence-electron chi connectivity index (χ4n) is 2.00. The van der Waals surface area contributed by atoms with E-state index in [9.17, 15) is 0 Å². The van der Waals surface area contributed by atoms with Crippen LogP contribution in [0.1, 0.15) is 18.5 Å². The lowest BCUT2D eigenvalue weighted by molar-refractivity contribution is 0.185. The molecule has 1 aromatic heterocycles. The normalized spacial score (nSPS) is 19.6. The van der Waals surface area contributed by atoms with Crippen LogP contribution in [-0.4, -0.2) is 38.3 Å². The van der Waals surface area contributed by atoms with Crippen LogP contribution in [0.3, 0.4) is 0 Å². The van der Waals surface area contributed by atoms with Gasteiger partial charge in [0.15, 0.2) is 0 Å². The van der Waals surface area contributed by atoms with E-state index in [-0.39, 0.29) is 0 Å². The molecule has 0 aliphatic carbocycles. The van der Waals surface area contributed by atoms with Crippen molar-refractivity contribution in [2.75, 3.05) is 18.4 Å². The second-order valence-corrected chi connectivity index (χ2v) is 4.90. The van der Waals surface area contributed by atoms with Crippen LogP contribution in [0, 0.1) is 5.92 Å². The van der Waals surface area contributed by atoms with Gasteiger partial charge in [0.2, 0.25) is 0 Å². The second kappa shape index (κ2) is 5.07. The van der Waals surface area contributed by atoms with Crippen LogP contribution in [0.2, 0.25) is 0 Å². The van der Waals surface area contributed by atoms with Crippen LogP contribution >= 0.6 is 15.9 Å². The molecular weight excluding hydrogens is 256 g/mol. The Morgan fingerprint density at radius 3 is 2.73 bits per heavy atom. The minimum atomic E-state index is 0.864. The minimum Gasteiger partial charge on any atom is -0.297 e. The van der Waals surface area contributed by atoms with Gasteiger partial charge >= 0.3 is 0 Å². The molecule has 84 valence electrons. The number of likely N-dealkylation sites (tertiary alicyclic amines) is 1. The maximum Gasteiger partial charge on any atom is 0.0966 e. The topological polar surface area (TPSA) is 34.0 Å². The number of aryl methyl sites for hydroxylation is 1. The summed E-state index contributed by atoms with van der Waals surface area (Å²) in [6.07, 6.45) is 4.59. The van der Waals surface area contributed by atoms with Gasteiger partial charge in [0.1, 0.15) is 0 Å². The molecule has 1 aliphatic heterocycles. The summed E-state index contributed by atoms with van der Waals surface area (Å²) in [7, 11) is 1.91. The van der Waals surface area contributed by atoms with Crippen LogP contribution < -0.4 is 0 Å². The van der Waals surface area contributed by atoms with E-state index in [0.717, 1.165) is 23.5 Å². The molecule has 0 unspecified atom stereocenters. The van der Waals surface area contributed by atoms with Crippen LogP contribution in [0.15, 0.2) is 6.20 Å². The smallest absolute Gasteiger partial charge is 0.0966 e. The number of piperidine rings is 1. The van der Waals surface area contributed by atoms with Gasteiger partial charge in [-0.25, -0.2) is 0 Å². The van der Waals surface area contributed by atoms with Gasteiger partial charge in [-0.3, -0.25) is 9.58 Å². The van der Waals surface area contributed by atoms with E-state index >= 15 is 0 Å². The molecule has 5 heteroatoms. The lowest BCUT2D eigenvalue weighted by Gasteiger charge is -2.30. The Balaban J connectivity index is 1.82. The van der Waals surface area contributed by atoms with Crippen molar-refractivity contribution in [1.29, 1.82) is 0 Å². The van der Waals surface area contributed by atoms with Crippen LogP contribution in [0.5, 0.6) is 0 Å². The molecule has 0 amide bonds. The largest absolute Gasteiger partial charge is 0.297 e. The van der Waals surface area contributed by atoms with Crippen molar-refractivity contribution in [3.63, 3.8) is 0 Å². The third-order valence-electron chi connectivity index (χ3n) is 2.96. The van der Waals surface area contributed by atoms with E-state index in [4.69, 9.17) is 0 Å². The van der Waals surface area contributed by atoms with Gasteiger partial charge in [-0.05, 0) is 31.8 Å². The Labute approximate surface area is 98.8 Å². The number of nitrogens with zero attached hydrogens (tertiary/aromatic N) is 4. The van der Waals surface area contributed by atoms with E-state index in [1.807, 2.05) is 13.2 Å². The highest BCUT2D eigenvalue weighted by molar-refractivity contribution is 9.09. The summed E-state index contributed by atoms with van der Waals surface area (Å²) >= 11 is 3.56. The van der Waals surface area contributed by atoms with Crippen LogP contribution in [0.25, 0.3) is 0 Å². The van der Waals surface area contributed by atoms with E-state index in [0.29, 0.717) is 0 Å². The number of alkyl halides is 1. The standard InChI is InChI=1S/C10H17BrN4/c1-14-7-10(12-13-14)8-15-4-2-9(6-11)3-5-15/h7,9H,2-6,8H2,1H3. The monoisotopic (exact) mass is 272 g/mol. The van der Waals surface area contributed by atoms with Gasteiger partial charge in [0.25, 0.3) is 0 Å². The first-order valence-electron chi connectivity index (χ1n) is 5.41. The van der Waals surface area contributed by atoms with Crippen molar-refractivity contribution in [3.05, 3.63) is 11.9 Å². The van der Waals surface area contributed by atoms with Gasteiger partial charge < -0.3 is 0 Å². The molecule has 1 aliphatic rings. The number of rotatable bonds is 3. The summed E-state index contributed by atoms with van der Waals surface area (Å²) in [6.45, 7) is 3.32. The summed E-state index contributed by atoms with van der Waals surface area (Å²) < 4.78 is 1.76. The number of aromatic nitrogens is 3. The Kier molecular flexibility index (Phi) is 3.75. The predicted molar refractivity (Wildman–Crippen MR) is 62.8 cm³/mol. The van der Waals surface area contributed by atoms with E-state index < -0.39 is 0 Å². The first-order chi connectivity index (χ1) is 7.28. The molecule has 2 heterocycles. The molecular formula is C10H17BrN4. The molecule has 0 saturated carbocycles. The molecule has 1 fully saturated rings. The molecule has 1 aromatic rings. The highest BCUT2D eigenvalue weighted by Crippen LogP contribution is 2.19. The molecule has 0 spiro atoms. The molecule has 15 heavy (non-hydrogen) atoms. The quantitative estimate of drug-likeness (QED) is 0.781. The Hall–Kier alpha value is -0.420. The zero-order chi connectivity index (χ0) is 10.7. The highest BCUT2D eigenvalue weighted by atomic mass is 79.9. The number of halogens is 1. The summed E-state index contributed by atoms with van der Waals surface area (Å²) in [6, 6.07) is 0. The number of hydrogen-bond donors (Lipinski definition) is 0. The maximum absolute atomic E-state index is 4.11. The van der Waals surface area contributed by atoms with Gasteiger partial charge in [-0.1, -0.05) is 21.1 Å². The van der Waals surface area contributed by atoms with E-state index in [2.05, 4.69) is 31.1 Å². The first-order valence-corrected chi connectivity index (χ1v) is 6.53. The van der Waals surface area contributed by atoms with E-state index in [1.165, 1.54) is 25.9 Å². The molecule has 2 rings (SSSR count). The van der Waals surface area contributed by atoms with Gasteiger partial charge in [0.05, 0.1) is 5.69 Å². The summed E-state index contributed by atoms with van der Waals surface area (Å²) in [5, 5.41) is 9.20. The fourth-order valence-corrected chi connectivity index (χ4v) is 2.64. The predicted octanol–water partition coefficient (Wildman–Crippen LogP) is 1.42. The SMILES string of the molecule is Cn1cc(CN2CCC(CBr)CC2)nn1. The molecule has 4 nitrogen and oxygen atoms in total. The lowest BCUT2D eigenvalue weighted by atomic mass is 9.99. The fraction of sp³-hybridized carbons (Fsp3) is 0.800. The molecule has 1 saturated heterocycles. The van der Waals surface area contributed by atoms with Crippen molar-refractivity contribution < 1.29 is 0 Å². The maximum atomic E-state index is 4.11. The summed E-state index contributed by atoms with van der Waals surface area (Å²) in [5.74, 6) is 0.864. The van der Waals surface area contributed by atoms with Crippen LogP contribution in [-0.2, 0) is 13.6 Å². The lowest BCUT2D eigenvalue weighted by Crippen LogP contribution is -2.33. The Bertz CT molecular complexity index is 304. The number of hydrogen-bond acceptors (Lipinski definition) is 3. The zero-order valence-electron chi connectivity index (χ0n) is 9.06. The van der Waals surface area contributed by atoms with E-state index in [1.54, 1.807) is 4.68 Å². The highest BCUT2D eigenvalue weighted by Gasteiger charge is 2.18. The first kappa shape index (κ1) is 11.1. The Morgan fingerprint density at radius 1 is 1.47 bits per heavy atom. The average Bonchev–Trinajstić information content (AvgIpc) is 2.65. The Morgan fingerprint density at radius 2 is 2.20 bits per heavy atom. The second-order valence-electron chi connectivity index (χ2n) is 4.26. The third kappa shape index (κ3) is 3.01. The molecule has 0 aromatic carbocycles. The zero-order valence-corrected chi connectivity index (χ0v) is 10.7. The van der Waals surface area contributed by atoms with Crippen LogP contribution in [0.4, 0.5) is 0 Å². The minimum absolute atomic E-state index is 0.864. The van der Waals surface area contributed by atoms with Crippen molar-refractivity contribution >= 4 is 15.9 Å². The van der Waals surface area contributed by atoms with Gasteiger partial charge in [0, 0.05) is 25.1 Å². The van der Waals surface area contributed by atoms with Crippen molar-refractivity contribution in [2.45, 2.75) is 19.4 Å². The van der Waals surface area contributed by atoms with Crippen molar-refractivity contribution in [1.82, 2.24) is 19.9 Å². The molecule has 0 atom stereocenters. The summed E-state index contributed by atoms with van der Waals surface area (Å²) in [4.78, 5) is 2.46. The summed E-state index contributed by atoms with van der Waals surface area (Å²) in [5.41, 5.74) is 1.08. The van der Waals surface area contributed by atoms with Gasteiger partial charge in [-0.15, -0.1) is 5.10 Å².